The Labute approximate surface area is 115 Å². The highest BCUT2D eigenvalue weighted by atomic mass is 16.5. The first-order valence-corrected chi connectivity index (χ1v) is 7.24. The van der Waals surface area contributed by atoms with Crippen molar-refractivity contribution in [3.8, 4) is 5.75 Å². The lowest BCUT2D eigenvalue weighted by Crippen LogP contribution is -2.48. The second-order valence-corrected chi connectivity index (χ2v) is 5.20. The maximum absolute atomic E-state index is 12.5. The van der Waals surface area contributed by atoms with Crippen LogP contribution < -0.4 is 4.74 Å². The summed E-state index contributed by atoms with van der Waals surface area (Å²) in [5.41, 5.74) is 0. The normalized spacial score (nSPS) is 20.9. The number of amides is 1. The smallest absolute Gasteiger partial charge is 0.263 e. The van der Waals surface area contributed by atoms with Crippen LogP contribution in [0.15, 0.2) is 30.3 Å². The largest absolute Gasteiger partial charge is 0.481 e. The summed E-state index contributed by atoms with van der Waals surface area (Å²) in [5, 5.41) is 0. The van der Waals surface area contributed by atoms with Crippen molar-refractivity contribution in [3.05, 3.63) is 30.3 Å². The summed E-state index contributed by atoms with van der Waals surface area (Å²) in [6.45, 7) is 5.00. The lowest BCUT2D eigenvalue weighted by Gasteiger charge is -2.35. The SMILES string of the molecule is CC[C@@H](Oc1ccccc1)C(=O)N1CCCC[C@H]1C. The summed E-state index contributed by atoms with van der Waals surface area (Å²) in [5.74, 6) is 0.908. The first-order chi connectivity index (χ1) is 9.22. The molecular weight excluding hydrogens is 238 g/mol. The standard InChI is InChI=1S/C16H23NO2/c1-3-15(19-14-10-5-4-6-11-14)16(18)17-12-8-7-9-13(17)2/h4-6,10-11,13,15H,3,7-9,12H2,1-2H3/t13-,15-/m1/s1. The highest BCUT2D eigenvalue weighted by molar-refractivity contribution is 5.81. The maximum atomic E-state index is 12.5. The van der Waals surface area contributed by atoms with Gasteiger partial charge in [0.05, 0.1) is 0 Å². The molecule has 3 heteroatoms. The molecule has 1 aromatic carbocycles. The molecule has 0 N–H and O–H groups in total. The van der Waals surface area contributed by atoms with Gasteiger partial charge in [-0.2, -0.15) is 0 Å². The number of hydrogen-bond donors (Lipinski definition) is 0. The van der Waals surface area contributed by atoms with Gasteiger partial charge in [-0.3, -0.25) is 4.79 Å². The van der Waals surface area contributed by atoms with Gasteiger partial charge in [0.2, 0.25) is 0 Å². The number of carbonyl (C=O) groups excluding carboxylic acids is 1. The lowest BCUT2D eigenvalue weighted by atomic mass is 10.0. The van der Waals surface area contributed by atoms with Crippen LogP contribution in [0.2, 0.25) is 0 Å². The van der Waals surface area contributed by atoms with E-state index in [0.717, 1.165) is 25.1 Å². The zero-order valence-electron chi connectivity index (χ0n) is 11.8. The van der Waals surface area contributed by atoms with E-state index >= 15 is 0 Å². The maximum Gasteiger partial charge on any atom is 0.263 e. The molecule has 0 bridgehead atoms. The number of ether oxygens (including phenoxy) is 1. The van der Waals surface area contributed by atoms with Crippen LogP contribution in [0.5, 0.6) is 5.75 Å². The van der Waals surface area contributed by atoms with Crippen molar-refractivity contribution in [3.63, 3.8) is 0 Å². The quantitative estimate of drug-likeness (QED) is 0.832. The Bertz CT molecular complexity index is 404. The summed E-state index contributed by atoms with van der Waals surface area (Å²) >= 11 is 0. The number of carbonyl (C=O) groups is 1. The number of piperidine rings is 1. The van der Waals surface area contributed by atoms with Gasteiger partial charge in [-0.05, 0) is 44.7 Å². The van der Waals surface area contributed by atoms with Crippen molar-refractivity contribution in [2.45, 2.75) is 51.7 Å². The van der Waals surface area contributed by atoms with Gasteiger partial charge in [0.15, 0.2) is 6.10 Å². The highest BCUT2D eigenvalue weighted by Gasteiger charge is 2.29. The average Bonchev–Trinajstić information content (AvgIpc) is 2.46. The molecule has 0 spiro atoms. The number of hydrogen-bond acceptors (Lipinski definition) is 2. The van der Waals surface area contributed by atoms with Crippen LogP contribution in [0.25, 0.3) is 0 Å². The van der Waals surface area contributed by atoms with Gasteiger partial charge in [0.1, 0.15) is 5.75 Å². The predicted molar refractivity (Wildman–Crippen MR) is 76.2 cm³/mol. The first-order valence-electron chi connectivity index (χ1n) is 7.24. The molecule has 2 rings (SSSR count). The van der Waals surface area contributed by atoms with Gasteiger partial charge in [-0.15, -0.1) is 0 Å². The minimum Gasteiger partial charge on any atom is -0.481 e. The fraction of sp³-hybridized carbons (Fsp3) is 0.562. The van der Waals surface area contributed by atoms with Gasteiger partial charge in [-0.25, -0.2) is 0 Å². The van der Waals surface area contributed by atoms with Crippen molar-refractivity contribution in [1.29, 1.82) is 0 Å². The van der Waals surface area contributed by atoms with Crippen LogP contribution in [-0.4, -0.2) is 29.5 Å². The third-order valence-electron chi connectivity index (χ3n) is 3.75. The van der Waals surface area contributed by atoms with E-state index in [1.807, 2.05) is 42.2 Å². The fourth-order valence-corrected chi connectivity index (χ4v) is 2.58. The Hall–Kier alpha value is -1.51. The summed E-state index contributed by atoms with van der Waals surface area (Å²) in [6.07, 6.45) is 3.78. The monoisotopic (exact) mass is 261 g/mol. The van der Waals surface area contributed by atoms with Crippen LogP contribution >= 0.6 is 0 Å². The van der Waals surface area contributed by atoms with E-state index in [1.54, 1.807) is 0 Å². The second-order valence-electron chi connectivity index (χ2n) is 5.20. The molecule has 1 fully saturated rings. The van der Waals surface area contributed by atoms with Crippen LogP contribution in [0.3, 0.4) is 0 Å². The van der Waals surface area contributed by atoms with Crippen LogP contribution in [-0.2, 0) is 4.79 Å². The predicted octanol–water partition coefficient (Wildman–Crippen LogP) is 3.25. The number of rotatable bonds is 4. The van der Waals surface area contributed by atoms with Gasteiger partial charge in [0.25, 0.3) is 5.91 Å². The Morgan fingerprint density at radius 2 is 2.11 bits per heavy atom. The van der Waals surface area contributed by atoms with E-state index in [9.17, 15) is 4.79 Å². The molecule has 104 valence electrons. The molecule has 1 aliphatic heterocycles. The van der Waals surface area contributed by atoms with Crippen molar-refractivity contribution < 1.29 is 9.53 Å². The highest BCUT2D eigenvalue weighted by Crippen LogP contribution is 2.20. The third-order valence-corrected chi connectivity index (χ3v) is 3.75. The Morgan fingerprint density at radius 1 is 1.37 bits per heavy atom. The van der Waals surface area contributed by atoms with E-state index in [2.05, 4.69) is 6.92 Å². The van der Waals surface area contributed by atoms with E-state index in [-0.39, 0.29) is 12.0 Å². The molecule has 1 heterocycles. The van der Waals surface area contributed by atoms with Crippen molar-refractivity contribution in [2.75, 3.05) is 6.54 Å². The van der Waals surface area contributed by atoms with Crippen LogP contribution in [0.4, 0.5) is 0 Å². The molecule has 19 heavy (non-hydrogen) atoms. The summed E-state index contributed by atoms with van der Waals surface area (Å²) < 4.78 is 5.84. The molecule has 1 aliphatic rings. The Morgan fingerprint density at radius 3 is 2.74 bits per heavy atom. The molecule has 0 radical (unpaired) electrons. The number of likely N-dealkylation sites (tertiary alicyclic amines) is 1. The first kappa shape index (κ1) is 13.9. The molecule has 1 amide bonds. The zero-order chi connectivity index (χ0) is 13.7. The van der Waals surface area contributed by atoms with Gasteiger partial charge in [-0.1, -0.05) is 25.1 Å². The molecule has 1 aromatic rings. The van der Waals surface area contributed by atoms with Gasteiger partial charge in [0, 0.05) is 12.6 Å². The molecule has 3 nitrogen and oxygen atoms in total. The van der Waals surface area contributed by atoms with Crippen molar-refractivity contribution >= 4 is 5.91 Å². The minimum atomic E-state index is -0.358. The van der Waals surface area contributed by atoms with E-state index < -0.39 is 0 Å². The average molecular weight is 261 g/mol. The molecular formula is C16H23NO2. The second kappa shape index (κ2) is 6.60. The summed E-state index contributed by atoms with van der Waals surface area (Å²) in [4.78, 5) is 14.5. The summed E-state index contributed by atoms with van der Waals surface area (Å²) in [7, 11) is 0. The topological polar surface area (TPSA) is 29.5 Å². The molecule has 0 unspecified atom stereocenters. The van der Waals surface area contributed by atoms with E-state index in [0.29, 0.717) is 12.5 Å². The van der Waals surface area contributed by atoms with Crippen LogP contribution in [0, 0.1) is 0 Å². The van der Waals surface area contributed by atoms with Gasteiger partial charge >= 0.3 is 0 Å². The molecule has 1 saturated heterocycles. The number of benzene rings is 1. The Balaban J connectivity index is 2.02. The molecule has 0 aromatic heterocycles. The van der Waals surface area contributed by atoms with Crippen molar-refractivity contribution in [2.24, 2.45) is 0 Å². The minimum absolute atomic E-state index is 0.138. The van der Waals surface area contributed by atoms with E-state index in [1.165, 1.54) is 6.42 Å². The molecule has 0 aliphatic carbocycles. The van der Waals surface area contributed by atoms with Gasteiger partial charge < -0.3 is 9.64 Å². The summed E-state index contributed by atoms with van der Waals surface area (Å²) in [6, 6.07) is 9.94. The number of para-hydroxylation sites is 1. The molecule has 0 saturated carbocycles. The molecule has 2 atom stereocenters. The zero-order valence-corrected chi connectivity index (χ0v) is 11.8. The van der Waals surface area contributed by atoms with Crippen LogP contribution in [0.1, 0.15) is 39.5 Å². The number of nitrogens with zero attached hydrogens (tertiary/aromatic N) is 1. The van der Waals surface area contributed by atoms with E-state index in [4.69, 9.17) is 4.74 Å². The lowest BCUT2D eigenvalue weighted by molar-refractivity contribution is -0.142. The third kappa shape index (κ3) is 3.49. The fourth-order valence-electron chi connectivity index (χ4n) is 2.58. The Kier molecular flexibility index (Phi) is 4.83. The van der Waals surface area contributed by atoms with Crippen molar-refractivity contribution in [1.82, 2.24) is 4.90 Å².